The molecule has 0 aromatic heterocycles. The SMILES string of the molecule is COc1ccccc1C(CNC(=O)Nc1cc(C(=O)NCC(F)(F)F)ccc1C)N1CCCC1. The molecule has 1 atom stereocenters. The monoisotopic (exact) mass is 478 g/mol. The van der Waals surface area contributed by atoms with Gasteiger partial charge in [-0.05, 0) is 56.6 Å². The first kappa shape index (κ1) is 25.4. The fourth-order valence-corrected chi connectivity index (χ4v) is 3.97. The van der Waals surface area contributed by atoms with Crippen molar-refractivity contribution in [1.29, 1.82) is 0 Å². The third kappa shape index (κ3) is 6.86. The van der Waals surface area contributed by atoms with Crippen LogP contribution in [0.2, 0.25) is 0 Å². The summed E-state index contributed by atoms with van der Waals surface area (Å²) >= 11 is 0. The second kappa shape index (κ2) is 11.2. The summed E-state index contributed by atoms with van der Waals surface area (Å²) in [4.78, 5) is 27.1. The van der Waals surface area contributed by atoms with Crippen LogP contribution in [-0.2, 0) is 0 Å². The lowest BCUT2D eigenvalue weighted by Crippen LogP contribution is -2.39. The molecule has 10 heteroatoms. The number of amides is 3. The highest BCUT2D eigenvalue weighted by Crippen LogP contribution is 2.31. The highest BCUT2D eigenvalue weighted by atomic mass is 19.4. The Balaban J connectivity index is 1.67. The first-order valence-electron chi connectivity index (χ1n) is 11.1. The first-order chi connectivity index (χ1) is 16.2. The number of hydrogen-bond donors (Lipinski definition) is 3. The number of nitrogens with zero attached hydrogens (tertiary/aromatic N) is 1. The Hall–Kier alpha value is -3.27. The molecular weight excluding hydrogens is 449 g/mol. The van der Waals surface area contributed by atoms with E-state index in [-0.39, 0.29) is 11.6 Å². The predicted octanol–water partition coefficient (Wildman–Crippen LogP) is 4.25. The summed E-state index contributed by atoms with van der Waals surface area (Å²) in [6.45, 7) is 2.47. The van der Waals surface area contributed by atoms with Crippen LogP contribution < -0.4 is 20.7 Å². The Morgan fingerprint density at radius 1 is 1.09 bits per heavy atom. The van der Waals surface area contributed by atoms with E-state index in [2.05, 4.69) is 15.5 Å². The zero-order valence-electron chi connectivity index (χ0n) is 19.2. The van der Waals surface area contributed by atoms with Crippen molar-refractivity contribution < 1.29 is 27.5 Å². The maximum atomic E-state index is 12.7. The van der Waals surface area contributed by atoms with Crippen molar-refractivity contribution in [2.75, 3.05) is 38.6 Å². The normalized spacial score (nSPS) is 15.0. The number of ether oxygens (including phenoxy) is 1. The molecule has 1 aliphatic rings. The number of likely N-dealkylation sites (tertiary alicyclic amines) is 1. The number of aryl methyl sites for hydroxylation is 1. The van der Waals surface area contributed by atoms with Gasteiger partial charge in [-0.15, -0.1) is 0 Å². The lowest BCUT2D eigenvalue weighted by molar-refractivity contribution is -0.123. The lowest BCUT2D eigenvalue weighted by atomic mass is 10.0. The maximum Gasteiger partial charge on any atom is 0.405 e. The second-order valence-electron chi connectivity index (χ2n) is 8.16. The number of carbonyl (C=O) groups is 2. The standard InChI is InChI=1S/C24H29F3N4O3/c1-16-9-10-17(22(32)29-15-24(25,26)27)13-19(16)30-23(33)28-14-20(31-11-5-6-12-31)18-7-3-4-8-21(18)34-2/h3-4,7-10,13,20H,5-6,11-12,14-15H2,1-2H3,(H,29,32)(H2,28,30,33). The summed E-state index contributed by atoms with van der Waals surface area (Å²) in [5.74, 6) is -0.124. The highest BCUT2D eigenvalue weighted by Gasteiger charge is 2.28. The van der Waals surface area contributed by atoms with E-state index in [4.69, 9.17) is 4.74 Å². The van der Waals surface area contributed by atoms with E-state index in [9.17, 15) is 22.8 Å². The molecule has 7 nitrogen and oxygen atoms in total. The summed E-state index contributed by atoms with van der Waals surface area (Å²) in [7, 11) is 1.61. The van der Waals surface area contributed by atoms with Gasteiger partial charge in [0, 0.05) is 23.4 Å². The summed E-state index contributed by atoms with van der Waals surface area (Å²) in [5.41, 5.74) is 2.01. The number of carbonyl (C=O) groups excluding carboxylic acids is 2. The zero-order chi connectivity index (χ0) is 24.7. The molecule has 0 aliphatic carbocycles. The number of para-hydroxylation sites is 1. The van der Waals surface area contributed by atoms with Gasteiger partial charge in [-0.2, -0.15) is 13.2 Å². The fourth-order valence-electron chi connectivity index (χ4n) is 3.97. The minimum Gasteiger partial charge on any atom is -0.496 e. The quantitative estimate of drug-likeness (QED) is 0.530. The Morgan fingerprint density at radius 3 is 2.47 bits per heavy atom. The summed E-state index contributed by atoms with van der Waals surface area (Å²) < 4.78 is 42.7. The van der Waals surface area contributed by atoms with Crippen LogP contribution in [0.15, 0.2) is 42.5 Å². The number of urea groups is 1. The molecule has 1 aliphatic heterocycles. The minimum atomic E-state index is -4.51. The average Bonchev–Trinajstić information content (AvgIpc) is 3.33. The van der Waals surface area contributed by atoms with E-state index in [1.54, 1.807) is 20.1 Å². The molecule has 3 rings (SSSR count). The molecule has 3 amide bonds. The molecule has 1 fully saturated rings. The first-order valence-corrected chi connectivity index (χ1v) is 11.1. The number of halogens is 3. The highest BCUT2D eigenvalue weighted by molar-refractivity contribution is 5.97. The molecule has 1 heterocycles. The predicted molar refractivity (Wildman–Crippen MR) is 123 cm³/mol. The maximum absolute atomic E-state index is 12.7. The topological polar surface area (TPSA) is 82.7 Å². The van der Waals surface area contributed by atoms with E-state index in [1.165, 1.54) is 12.1 Å². The number of methoxy groups -OCH3 is 1. The van der Waals surface area contributed by atoms with Gasteiger partial charge in [0.2, 0.25) is 0 Å². The van der Waals surface area contributed by atoms with Crippen molar-refractivity contribution in [3.63, 3.8) is 0 Å². The van der Waals surface area contributed by atoms with E-state index in [0.29, 0.717) is 17.8 Å². The zero-order valence-corrected chi connectivity index (χ0v) is 19.2. The van der Waals surface area contributed by atoms with Crippen LogP contribution in [0.25, 0.3) is 0 Å². The summed E-state index contributed by atoms with van der Waals surface area (Å²) in [5, 5.41) is 7.41. The van der Waals surface area contributed by atoms with Gasteiger partial charge in [-0.3, -0.25) is 9.69 Å². The van der Waals surface area contributed by atoms with Crippen molar-refractivity contribution in [3.05, 3.63) is 59.2 Å². The number of rotatable bonds is 8. The van der Waals surface area contributed by atoms with Crippen molar-refractivity contribution in [3.8, 4) is 5.75 Å². The van der Waals surface area contributed by atoms with E-state index in [1.807, 2.05) is 29.6 Å². The largest absolute Gasteiger partial charge is 0.496 e. The van der Waals surface area contributed by atoms with Gasteiger partial charge < -0.3 is 20.7 Å². The van der Waals surface area contributed by atoms with Gasteiger partial charge in [0.15, 0.2) is 0 Å². The van der Waals surface area contributed by atoms with Gasteiger partial charge in [-0.25, -0.2) is 4.79 Å². The average molecular weight is 479 g/mol. The third-order valence-electron chi connectivity index (χ3n) is 5.73. The van der Waals surface area contributed by atoms with Crippen LogP contribution in [0.5, 0.6) is 5.75 Å². The molecule has 0 spiro atoms. The number of hydrogen-bond acceptors (Lipinski definition) is 4. The second-order valence-corrected chi connectivity index (χ2v) is 8.16. The molecular formula is C24H29F3N4O3. The van der Waals surface area contributed by atoms with Crippen LogP contribution >= 0.6 is 0 Å². The van der Waals surface area contributed by atoms with Gasteiger partial charge in [-0.1, -0.05) is 24.3 Å². The van der Waals surface area contributed by atoms with Crippen LogP contribution in [0.1, 0.15) is 40.4 Å². The molecule has 1 unspecified atom stereocenters. The molecule has 1 saturated heterocycles. The summed E-state index contributed by atoms with van der Waals surface area (Å²) in [6, 6.07) is 11.5. The fraction of sp³-hybridized carbons (Fsp3) is 0.417. The van der Waals surface area contributed by atoms with Crippen LogP contribution in [0.3, 0.4) is 0 Å². The molecule has 2 aromatic rings. The molecule has 0 bridgehead atoms. The molecule has 184 valence electrons. The number of benzene rings is 2. The summed E-state index contributed by atoms with van der Waals surface area (Å²) in [6.07, 6.45) is -2.34. The number of nitrogens with one attached hydrogen (secondary N) is 3. The van der Waals surface area contributed by atoms with Crippen LogP contribution in [0, 0.1) is 6.92 Å². The lowest BCUT2D eigenvalue weighted by Gasteiger charge is -2.29. The molecule has 34 heavy (non-hydrogen) atoms. The van der Waals surface area contributed by atoms with Crippen molar-refractivity contribution in [1.82, 2.24) is 15.5 Å². The Bertz CT molecular complexity index is 1010. The minimum absolute atomic E-state index is 0.0223. The van der Waals surface area contributed by atoms with Gasteiger partial charge in [0.25, 0.3) is 5.91 Å². The van der Waals surface area contributed by atoms with E-state index < -0.39 is 24.7 Å². The number of alkyl halides is 3. The molecule has 0 saturated carbocycles. The molecule has 3 N–H and O–H groups in total. The van der Waals surface area contributed by atoms with Crippen LogP contribution in [0.4, 0.5) is 23.7 Å². The van der Waals surface area contributed by atoms with Gasteiger partial charge in [0.1, 0.15) is 12.3 Å². The number of anilines is 1. The smallest absolute Gasteiger partial charge is 0.405 e. The van der Waals surface area contributed by atoms with E-state index >= 15 is 0 Å². The van der Waals surface area contributed by atoms with Crippen LogP contribution in [-0.4, -0.2) is 56.3 Å². The van der Waals surface area contributed by atoms with E-state index in [0.717, 1.165) is 37.2 Å². The van der Waals surface area contributed by atoms with Gasteiger partial charge >= 0.3 is 12.2 Å². The van der Waals surface area contributed by atoms with Gasteiger partial charge in [0.05, 0.1) is 13.2 Å². The molecule has 2 aromatic carbocycles. The molecule has 0 radical (unpaired) electrons. The van der Waals surface area contributed by atoms with Crippen molar-refractivity contribution in [2.45, 2.75) is 32.0 Å². The van der Waals surface area contributed by atoms with Crippen molar-refractivity contribution >= 4 is 17.6 Å². The Labute approximate surface area is 196 Å². The third-order valence-corrected chi connectivity index (χ3v) is 5.73. The Kier molecular flexibility index (Phi) is 8.38. The Morgan fingerprint density at radius 2 is 1.79 bits per heavy atom. The van der Waals surface area contributed by atoms with Crippen molar-refractivity contribution in [2.24, 2.45) is 0 Å².